The second kappa shape index (κ2) is 14.3. The fourth-order valence-electron chi connectivity index (χ4n) is 7.78. The average molecular weight is 839 g/mol. The van der Waals surface area contributed by atoms with Crippen LogP contribution in [0, 0.1) is 0 Å². The van der Waals surface area contributed by atoms with Crippen molar-refractivity contribution in [1.29, 1.82) is 0 Å². The number of rotatable bonds is 6. The number of carbonyl (C=O) groups excluding carboxylic acids is 4. The number of benzene rings is 7. The third-order valence-corrected chi connectivity index (χ3v) is 10.9. The number of fused-ring (bicyclic) bond motifs is 2. The number of nitrogen functional groups attached to an aromatic ring is 2. The van der Waals surface area contributed by atoms with Crippen LogP contribution in [0.5, 0.6) is 0 Å². The summed E-state index contributed by atoms with van der Waals surface area (Å²) in [5.41, 5.74) is 11.5. The molecule has 8 nitrogen and oxygen atoms in total. The Morgan fingerprint density at radius 2 is 0.710 bits per heavy atom. The number of carbonyl (C=O) groups is 4. The van der Waals surface area contributed by atoms with Gasteiger partial charge in [-0.3, -0.25) is 19.2 Å². The summed E-state index contributed by atoms with van der Waals surface area (Å²) in [6, 6.07) is 33.8. The zero-order valence-corrected chi connectivity index (χ0v) is 31.8. The van der Waals surface area contributed by atoms with Crippen LogP contribution < -0.4 is 21.3 Å². The molecule has 0 aromatic heterocycles. The first-order valence-electron chi connectivity index (χ1n) is 18.8. The molecule has 7 aromatic carbocycles. The van der Waals surface area contributed by atoms with Crippen molar-refractivity contribution in [2.45, 2.75) is 12.4 Å². The van der Waals surface area contributed by atoms with E-state index in [9.17, 15) is 45.5 Å². The maximum Gasteiger partial charge on any atom is 0.418 e. The van der Waals surface area contributed by atoms with Gasteiger partial charge in [0.2, 0.25) is 0 Å². The van der Waals surface area contributed by atoms with E-state index in [1.165, 1.54) is 60.7 Å². The molecule has 0 radical (unpaired) electrons. The first-order chi connectivity index (χ1) is 29.5. The van der Waals surface area contributed by atoms with E-state index in [-0.39, 0.29) is 50.2 Å². The van der Waals surface area contributed by atoms with Crippen LogP contribution in [0.2, 0.25) is 0 Å². The van der Waals surface area contributed by atoms with Gasteiger partial charge in [0.25, 0.3) is 23.6 Å². The molecule has 2 aliphatic heterocycles. The van der Waals surface area contributed by atoms with E-state index in [2.05, 4.69) is 0 Å². The first-order valence-corrected chi connectivity index (χ1v) is 18.8. The summed E-state index contributed by atoms with van der Waals surface area (Å²) in [5.74, 6) is -3.48. The maximum atomic E-state index is 14.7. The Bertz CT molecular complexity index is 3030. The second-order valence-electron chi connectivity index (χ2n) is 14.7. The van der Waals surface area contributed by atoms with Crippen LogP contribution in [0.15, 0.2) is 146 Å². The highest BCUT2D eigenvalue weighted by atomic mass is 19.4. The van der Waals surface area contributed by atoms with E-state index in [1.807, 2.05) is 0 Å². The minimum atomic E-state index is -5.03. The molecular formula is C48H28F6N4O4. The van der Waals surface area contributed by atoms with Crippen molar-refractivity contribution < 1.29 is 45.5 Å². The Hall–Kier alpha value is -8.00. The van der Waals surface area contributed by atoms with Crippen molar-refractivity contribution in [3.8, 4) is 44.5 Å². The number of imide groups is 2. The van der Waals surface area contributed by atoms with Gasteiger partial charge in [0.05, 0.1) is 44.8 Å². The van der Waals surface area contributed by atoms with Crippen LogP contribution >= 0.6 is 0 Å². The zero-order chi connectivity index (χ0) is 43.8. The lowest BCUT2D eigenvalue weighted by molar-refractivity contribution is -0.137. The number of nitrogens with zero attached hydrogens (tertiary/aromatic N) is 2. The number of halogens is 6. The largest absolute Gasteiger partial charge is 0.418 e. The zero-order valence-electron chi connectivity index (χ0n) is 31.8. The fraction of sp³-hybridized carbons (Fsp3) is 0.0417. The molecular weight excluding hydrogens is 811 g/mol. The van der Waals surface area contributed by atoms with E-state index in [0.717, 1.165) is 18.2 Å². The van der Waals surface area contributed by atoms with E-state index < -0.39 is 52.8 Å². The number of nitrogens with two attached hydrogens (primary N) is 2. The van der Waals surface area contributed by atoms with Crippen LogP contribution in [0.25, 0.3) is 44.5 Å². The normalized spacial score (nSPS) is 13.8. The molecule has 306 valence electrons. The summed E-state index contributed by atoms with van der Waals surface area (Å²) in [6.07, 6.45) is -9.98. The standard InChI is InChI=1S/C48H28F6N4O4/c49-47(50,51)40-24-34(57-43(59)36-17-9-29(21-38(36)45(57)61)26-5-12-32(55)13-6-26)16-19-35(40)28-3-1-25(2-4-28)31-11-20-42(41(23-31)48(52,53)54)58-44(60)37-18-10-30(22-39(37)46(58)62)27-7-14-33(56)15-8-27/h1-24H,55-56H2. The molecule has 0 saturated carbocycles. The molecule has 14 heteroatoms. The molecule has 4 N–H and O–H groups in total. The topological polar surface area (TPSA) is 127 Å². The second-order valence-corrected chi connectivity index (χ2v) is 14.7. The highest BCUT2D eigenvalue weighted by Gasteiger charge is 2.44. The molecule has 0 saturated heterocycles. The average Bonchev–Trinajstić information content (AvgIpc) is 3.65. The Labute approximate surface area is 348 Å². The van der Waals surface area contributed by atoms with E-state index in [0.29, 0.717) is 49.5 Å². The van der Waals surface area contributed by atoms with Crippen molar-refractivity contribution >= 4 is 46.4 Å². The molecule has 0 bridgehead atoms. The van der Waals surface area contributed by atoms with Gasteiger partial charge in [0.15, 0.2) is 0 Å². The van der Waals surface area contributed by atoms with Crippen LogP contribution in [0.4, 0.5) is 49.1 Å². The van der Waals surface area contributed by atoms with Gasteiger partial charge in [-0.2, -0.15) is 26.3 Å². The summed E-state index contributed by atoms with van der Waals surface area (Å²) >= 11 is 0. The fourth-order valence-corrected chi connectivity index (χ4v) is 7.78. The number of anilines is 4. The minimum Gasteiger partial charge on any atom is -0.399 e. The third kappa shape index (κ3) is 6.71. The number of hydrogen-bond donors (Lipinski definition) is 2. The summed E-state index contributed by atoms with van der Waals surface area (Å²) in [6.45, 7) is 0. The lowest BCUT2D eigenvalue weighted by Gasteiger charge is -2.21. The molecule has 2 aliphatic rings. The van der Waals surface area contributed by atoms with Crippen LogP contribution in [-0.4, -0.2) is 23.6 Å². The molecule has 0 unspecified atom stereocenters. The van der Waals surface area contributed by atoms with Crippen molar-refractivity contribution in [2.75, 3.05) is 21.3 Å². The van der Waals surface area contributed by atoms with Gasteiger partial charge >= 0.3 is 12.4 Å². The van der Waals surface area contributed by atoms with Gasteiger partial charge < -0.3 is 11.5 Å². The van der Waals surface area contributed by atoms with Crippen molar-refractivity contribution in [3.05, 3.63) is 179 Å². The smallest absolute Gasteiger partial charge is 0.399 e. The van der Waals surface area contributed by atoms with Gasteiger partial charge in [-0.25, -0.2) is 9.80 Å². The Morgan fingerprint density at radius 3 is 1.21 bits per heavy atom. The summed E-state index contributed by atoms with van der Waals surface area (Å²) in [4.78, 5) is 55.2. The number of amides is 4. The van der Waals surface area contributed by atoms with Crippen LogP contribution in [-0.2, 0) is 12.4 Å². The monoisotopic (exact) mass is 838 g/mol. The Balaban J connectivity index is 1.00. The molecule has 0 spiro atoms. The summed E-state index contributed by atoms with van der Waals surface area (Å²) in [7, 11) is 0. The van der Waals surface area contributed by atoms with Gasteiger partial charge in [-0.05, 0) is 117 Å². The molecule has 2 heterocycles. The molecule has 0 fully saturated rings. The predicted molar refractivity (Wildman–Crippen MR) is 222 cm³/mol. The third-order valence-electron chi connectivity index (χ3n) is 10.9. The first kappa shape index (κ1) is 39.5. The van der Waals surface area contributed by atoms with E-state index >= 15 is 0 Å². The number of hydrogen-bond acceptors (Lipinski definition) is 6. The Kier molecular flexibility index (Phi) is 9.12. The lowest BCUT2D eigenvalue weighted by atomic mass is 9.95. The minimum absolute atomic E-state index is 0.00596. The SMILES string of the molecule is Nc1ccc(-c2ccc3c(c2)C(=O)N(c2ccc(-c4ccc(-c5ccc(N6C(=O)c7ccc(-c8ccc(N)cc8)cc7C6=O)c(C(F)(F)F)c5)cc4)c(C(F)(F)F)c2)C3=O)cc1. The van der Waals surface area contributed by atoms with Gasteiger partial charge in [-0.1, -0.05) is 72.8 Å². The predicted octanol–water partition coefficient (Wildman–Crippen LogP) is 11.2. The van der Waals surface area contributed by atoms with Crippen LogP contribution in [0.3, 0.4) is 0 Å². The molecule has 62 heavy (non-hydrogen) atoms. The Morgan fingerprint density at radius 1 is 0.339 bits per heavy atom. The van der Waals surface area contributed by atoms with Crippen molar-refractivity contribution in [2.24, 2.45) is 0 Å². The van der Waals surface area contributed by atoms with Crippen LogP contribution in [0.1, 0.15) is 52.6 Å². The van der Waals surface area contributed by atoms with E-state index in [4.69, 9.17) is 11.5 Å². The molecule has 0 atom stereocenters. The van der Waals surface area contributed by atoms with Crippen molar-refractivity contribution in [1.82, 2.24) is 0 Å². The summed E-state index contributed by atoms with van der Waals surface area (Å²) in [5, 5.41) is 0. The van der Waals surface area contributed by atoms with Gasteiger partial charge in [0, 0.05) is 11.4 Å². The molecule has 7 aromatic rings. The highest BCUT2D eigenvalue weighted by molar-refractivity contribution is 6.35. The highest BCUT2D eigenvalue weighted by Crippen LogP contribution is 2.44. The number of alkyl halides is 6. The van der Waals surface area contributed by atoms with E-state index in [1.54, 1.807) is 60.7 Å². The van der Waals surface area contributed by atoms with Gasteiger partial charge in [-0.15, -0.1) is 0 Å². The van der Waals surface area contributed by atoms with Gasteiger partial charge in [0.1, 0.15) is 0 Å². The van der Waals surface area contributed by atoms with Crippen molar-refractivity contribution in [3.63, 3.8) is 0 Å². The lowest BCUT2D eigenvalue weighted by Crippen LogP contribution is -2.31. The summed E-state index contributed by atoms with van der Waals surface area (Å²) < 4.78 is 88.1. The maximum absolute atomic E-state index is 14.7. The molecule has 9 rings (SSSR count). The molecule has 4 amide bonds. The molecule has 0 aliphatic carbocycles. The quantitative estimate of drug-likeness (QED) is 0.0975.